The second kappa shape index (κ2) is 6.81. The summed E-state index contributed by atoms with van der Waals surface area (Å²) in [4.78, 5) is 51.0. The lowest BCUT2D eigenvalue weighted by Crippen LogP contribution is -2.54. The molecule has 1 atom stereocenters. The number of urea groups is 1. The number of rotatable bonds is 3. The number of carbonyl (C=O) groups excluding carboxylic acids is 4. The van der Waals surface area contributed by atoms with E-state index in [1.54, 1.807) is 44.2 Å². The van der Waals surface area contributed by atoms with E-state index in [1.807, 2.05) is 12.1 Å². The van der Waals surface area contributed by atoms with Gasteiger partial charge in [0, 0.05) is 18.5 Å². The van der Waals surface area contributed by atoms with Gasteiger partial charge in [0.15, 0.2) is 5.60 Å². The molecular weight excluding hydrogens is 412 g/mol. The molecule has 2 aromatic rings. The van der Waals surface area contributed by atoms with Gasteiger partial charge < -0.3 is 15.4 Å². The highest BCUT2D eigenvalue weighted by Gasteiger charge is 2.50. The van der Waals surface area contributed by atoms with E-state index in [0.717, 1.165) is 11.1 Å². The molecule has 0 saturated carbocycles. The van der Waals surface area contributed by atoms with Crippen molar-refractivity contribution in [3.63, 3.8) is 0 Å². The Morgan fingerprint density at radius 3 is 2.59 bits per heavy atom. The number of para-hydroxylation sites is 2. The molecule has 2 aromatic carbocycles. The van der Waals surface area contributed by atoms with Crippen LogP contribution in [0.4, 0.5) is 16.2 Å². The minimum Gasteiger partial charge on any atom is -0.476 e. The van der Waals surface area contributed by atoms with Gasteiger partial charge in [0.1, 0.15) is 17.8 Å². The molecule has 3 N–H and O–H groups in total. The summed E-state index contributed by atoms with van der Waals surface area (Å²) in [6.45, 7) is 3.18. The second-order valence-corrected chi connectivity index (χ2v) is 8.85. The number of nitrogens with zero attached hydrogens (tertiary/aromatic N) is 1. The molecule has 1 aliphatic carbocycles. The van der Waals surface area contributed by atoms with Crippen LogP contribution >= 0.6 is 0 Å². The maximum Gasteiger partial charge on any atom is 0.322 e. The Kier molecular flexibility index (Phi) is 4.27. The fourth-order valence-electron chi connectivity index (χ4n) is 4.55. The van der Waals surface area contributed by atoms with Crippen molar-refractivity contribution in [2.75, 3.05) is 16.8 Å². The van der Waals surface area contributed by atoms with E-state index in [1.165, 1.54) is 4.90 Å². The molecule has 5 rings (SSSR count). The maximum atomic E-state index is 12.9. The van der Waals surface area contributed by atoms with Crippen LogP contribution in [0.1, 0.15) is 25.0 Å². The first-order chi connectivity index (χ1) is 15.2. The predicted molar refractivity (Wildman–Crippen MR) is 115 cm³/mol. The fourth-order valence-corrected chi connectivity index (χ4v) is 4.55. The Morgan fingerprint density at radius 2 is 1.84 bits per heavy atom. The zero-order valence-electron chi connectivity index (χ0n) is 17.7. The van der Waals surface area contributed by atoms with E-state index in [2.05, 4.69) is 16.0 Å². The normalized spacial score (nSPS) is 22.7. The molecule has 1 unspecified atom stereocenters. The largest absolute Gasteiger partial charge is 0.476 e. The number of hydrogen-bond acceptors (Lipinski definition) is 5. The first kappa shape index (κ1) is 20.0. The number of anilines is 2. The third-order valence-electron chi connectivity index (χ3n) is 6.07. The molecule has 0 radical (unpaired) electrons. The van der Waals surface area contributed by atoms with Gasteiger partial charge in [0.25, 0.3) is 11.8 Å². The van der Waals surface area contributed by atoms with Gasteiger partial charge in [-0.3, -0.25) is 24.6 Å². The molecule has 9 nitrogen and oxygen atoms in total. The van der Waals surface area contributed by atoms with Gasteiger partial charge in [-0.1, -0.05) is 18.2 Å². The van der Waals surface area contributed by atoms with Crippen LogP contribution in [0.5, 0.6) is 5.75 Å². The van der Waals surface area contributed by atoms with E-state index < -0.39 is 17.2 Å². The lowest BCUT2D eigenvalue weighted by molar-refractivity contribution is -0.133. The van der Waals surface area contributed by atoms with Crippen LogP contribution in [0.3, 0.4) is 0 Å². The van der Waals surface area contributed by atoms with Crippen molar-refractivity contribution >= 4 is 35.1 Å². The average molecular weight is 434 g/mol. The SMILES string of the molecule is CC1(C)Oc2ccccc2N(CC(=O)Nc2ccc3c(c2)CC2(C3)NC(=O)NC2=O)C1=O. The Labute approximate surface area is 184 Å². The number of imide groups is 1. The quantitative estimate of drug-likeness (QED) is 0.633. The summed E-state index contributed by atoms with van der Waals surface area (Å²) in [5.41, 5.74) is 0.892. The maximum absolute atomic E-state index is 12.9. The van der Waals surface area contributed by atoms with Crippen molar-refractivity contribution < 1.29 is 23.9 Å². The van der Waals surface area contributed by atoms with E-state index in [0.29, 0.717) is 30.0 Å². The highest BCUT2D eigenvalue weighted by atomic mass is 16.5. The third-order valence-corrected chi connectivity index (χ3v) is 6.07. The summed E-state index contributed by atoms with van der Waals surface area (Å²) < 4.78 is 5.79. The molecule has 164 valence electrons. The lowest BCUT2D eigenvalue weighted by Gasteiger charge is -2.38. The summed E-state index contributed by atoms with van der Waals surface area (Å²) >= 11 is 0. The van der Waals surface area contributed by atoms with Crippen LogP contribution in [0.15, 0.2) is 42.5 Å². The van der Waals surface area contributed by atoms with Crippen molar-refractivity contribution in [3.05, 3.63) is 53.6 Å². The minimum absolute atomic E-state index is 0.165. The highest BCUT2D eigenvalue weighted by molar-refractivity contribution is 6.09. The van der Waals surface area contributed by atoms with Gasteiger partial charge in [-0.15, -0.1) is 0 Å². The fraction of sp³-hybridized carbons (Fsp3) is 0.304. The average Bonchev–Trinajstić information content (AvgIpc) is 3.22. The molecule has 0 aromatic heterocycles. The van der Waals surface area contributed by atoms with E-state index in [4.69, 9.17) is 4.74 Å². The van der Waals surface area contributed by atoms with Gasteiger partial charge in [-0.2, -0.15) is 0 Å². The smallest absolute Gasteiger partial charge is 0.322 e. The Morgan fingerprint density at radius 1 is 1.09 bits per heavy atom. The molecule has 9 heteroatoms. The Hall–Kier alpha value is -3.88. The molecule has 1 saturated heterocycles. The van der Waals surface area contributed by atoms with Gasteiger partial charge in [0.2, 0.25) is 5.91 Å². The number of benzene rings is 2. The van der Waals surface area contributed by atoms with Gasteiger partial charge in [-0.25, -0.2) is 4.79 Å². The van der Waals surface area contributed by atoms with Crippen LogP contribution < -0.4 is 25.6 Å². The number of carbonyl (C=O) groups is 4. The Bertz CT molecular complexity index is 1190. The predicted octanol–water partition coefficient (Wildman–Crippen LogP) is 1.51. The molecular formula is C23H22N4O5. The van der Waals surface area contributed by atoms with E-state index >= 15 is 0 Å². The van der Waals surface area contributed by atoms with Crippen molar-refractivity contribution in [2.45, 2.75) is 37.8 Å². The molecule has 0 bridgehead atoms. The molecule has 32 heavy (non-hydrogen) atoms. The zero-order chi connectivity index (χ0) is 22.7. The van der Waals surface area contributed by atoms with Gasteiger partial charge in [0.05, 0.1) is 5.69 Å². The number of amides is 5. The van der Waals surface area contributed by atoms with Crippen LogP contribution in [0.2, 0.25) is 0 Å². The van der Waals surface area contributed by atoms with Crippen molar-refractivity contribution in [1.82, 2.24) is 10.6 Å². The van der Waals surface area contributed by atoms with Crippen LogP contribution in [-0.2, 0) is 27.2 Å². The Balaban J connectivity index is 1.33. The van der Waals surface area contributed by atoms with E-state index in [9.17, 15) is 19.2 Å². The first-order valence-corrected chi connectivity index (χ1v) is 10.3. The van der Waals surface area contributed by atoms with Crippen molar-refractivity contribution in [1.29, 1.82) is 0 Å². The number of fused-ring (bicyclic) bond motifs is 2. The lowest BCUT2D eigenvalue weighted by atomic mass is 9.96. The van der Waals surface area contributed by atoms with Crippen LogP contribution in [-0.4, -0.2) is 41.4 Å². The highest BCUT2D eigenvalue weighted by Crippen LogP contribution is 2.37. The van der Waals surface area contributed by atoms with Crippen LogP contribution in [0.25, 0.3) is 0 Å². The van der Waals surface area contributed by atoms with Gasteiger partial charge >= 0.3 is 6.03 Å². The zero-order valence-corrected chi connectivity index (χ0v) is 17.7. The second-order valence-electron chi connectivity index (χ2n) is 8.85. The number of nitrogens with one attached hydrogen (secondary N) is 3. The topological polar surface area (TPSA) is 117 Å². The molecule has 1 spiro atoms. The first-order valence-electron chi connectivity index (χ1n) is 10.3. The summed E-state index contributed by atoms with van der Waals surface area (Å²) in [5, 5.41) is 7.84. The monoisotopic (exact) mass is 434 g/mol. The summed E-state index contributed by atoms with van der Waals surface area (Å²) in [6, 6.07) is 12.0. The molecule has 2 aliphatic heterocycles. The summed E-state index contributed by atoms with van der Waals surface area (Å²) in [5.74, 6) is -0.448. The summed E-state index contributed by atoms with van der Waals surface area (Å²) in [6.07, 6.45) is 0.759. The number of hydrogen-bond donors (Lipinski definition) is 3. The van der Waals surface area contributed by atoms with Crippen molar-refractivity contribution in [3.8, 4) is 5.75 Å². The van der Waals surface area contributed by atoms with Gasteiger partial charge in [-0.05, 0) is 49.2 Å². The van der Waals surface area contributed by atoms with Crippen molar-refractivity contribution in [2.24, 2.45) is 0 Å². The minimum atomic E-state index is -1.08. The molecule has 1 fully saturated rings. The number of ether oxygens (including phenoxy) is 1. The standard InChI is InChI=1S/C23H22N4O5/c1-22(2)20(30)27(16-5-3-4-6-17(16)32-22)12-18(28)24-15-8-7-13-10-23(11-14(13)9-15)19(29)25-21(31)26-23/h3-9H,10-12H2,1-2H3,(H,24,28)(H2,25,26,29,31). The van der Waals surface area contributed by atoms with E-state index in [-0.39, 0.29) is 24.3 Å². The molecule has 2 heterocycles. The third kappa shape index (κ3) is 3.17. The molecule has 5 amide bonds. The molecule has 3 aliphatic rings. The van der Waals surface area contributed by atoms with Crippen LogP contribution in [0, 0.1) is 0 Å². The summed E-state index contributed by atoms with van der Waals surface area (Å²) in [7, 11) is 0.